The Kier molecular flexibility index (Phi) is 7.75. The van der Waals surface area contributed by atoms with Crippen molar-refractivity contribution in [1.82, 2.24) is 4.90 Å². The molecular weight excluding hydrogens is 376 g/mol. The molecule has 0 radical (unpaired) electrons. The van der Waals surface area contributed by atoms with Crippen LogP contribution < -0.4 is 14.4 Å². The van der Waals surface area contributed by atoms with Crippen LogP contribution in [0, 0.1) is 0 Å². The lowest BCUT2D eigenvalue weighted by atomic mass is 10.0. The summed E-state index contributed by atoms with van der Waals surface area (Å²) in [5, 5.41) is 0. The molecule has 3 rings (SSSR count). The van der Waals surface area contributed by atoms with Crippen LogP contribution in [0.15, 0.2) is 42.5 Å². The number of aryl methyl sites for hydroxylation is 1. The first-order valence-electron chi connectivity index (χ1n) is 10.9. The molecular formula is C25H34N2O3. The van der Waals surface area contributed by atoms with Crippen LogP contribution in [0.25, 0.3) is 0 Å². The normalized spacial score (nSPS) is 15.1. The molecule has 1 heterocycles. The van der Waals surface area contributed by atoms with Gasteiger partial charge in [-0.2, -0.15) is 0 Å². The Balaban J connectivity index is 1.67. The molecule has 0 bridgehead atoms. The van der Waals surface area contributed by atoms with Gasteiger partial charge in [0, 0.05) is 49.4 Å². The second-order valence-electron chi connectivity index (χ2n) is 7.82. The van der Waals surface area contributed by atoms with E-state index in [1.54, 1.807) is 14.2 Å². The first kappa shape index (κ1) is 22.2. The molecule has 1 fully saturated rings. The highest BCUT2D eigenvalue weighted by molar-refractivity contribution is 5.93. The molecule has 5 heteroatoms. The number of piperidine rings is 1. The summed E-state index contributed by atoms with van der Waals surface area (Å²) in [6, 6.07) is 14.7. The van der Waals surface area contributed by atoms with Gasteiger partial charge in [0.25, 0.3) is 0 Å². The van der Waals surface area contributed by atoms with Crippen molar-refractivity contribution in [2.45, 2.75) is 52.1 Å². The predicted molar refractivity (Wildman–Crippen MR) is 121 cm³/mol. The van der Waals surface area contributed by atoms with Gasteiger partial charge in [0.05, 0.1) is 14.2 Å². The minimum atomic E-state index is 0.203. The molecule has 1 aliphatic rings. The maximum absolute atomic E-state index is 12.8. The molecule has 0 aliphatic carbocycles. The number of amides is 1. The van der Waals surface area contributed by atoms with Gasteiger partial charge in [-0.25, -0.2) is 0 Å². The van der Waals surface area contributed by atoms with Gasteiger partial charge < -0.3 is 14.4 Å². The number of methoxy groups -OCH3 is 2. The maximum Gasteiger partial charge on any atom is 0.226 e. The number of benzene rings is 2. The molecule has 1 saturated heterocycles. The van der Waals surface area contributed by atoms with Crippen LogP contribution in [0.1, 0.15) is 44.2 Å². The second-order valence-corrected chi connectivity index (χ2v) is 7.82. The van der Waals surface area contributed by atoms with Crippen molar-refractivity contribution in [1.29, 1.82) is 0 Å². The number of nitrogens with zero attached hydrogens (tertiary/aromatic N) is 2. The molecule has 5 nitrogen and oxygen atoms in total. The predicted octanol–water partition coefficient (Wildman–Crippen LogP) is 4.67. The van der Waals surface area contributed by atoms with Crippen molar-refractivity contribution >= 4 is 11.6 Å². The second kappa shape index (κ2) is 10.5. The summed E-state index contributed by atoms with van der Waals surface area (Å²) in [7, 11) is 3.36. The first-order valence-corrected chi connectivity index (χ1v) is 10.9. The number of hydrogen-bond acceptors (Lipinski definition) is 4. The van der Waals surface area contributed by atoms with Gasteiger partial charge in [0.1, 0.15) is 11.5 Å². The Morgan fingerprint density at radius 3 is 2.30 bits per heavy atom. The number of ether oxygens (including phenoxy) is 2. The largest absolute Gasteiger partial charge is 0.497 e. The molecule has 162 valence electrons. The van der Waals surface area contributed by atoms with Crippen molar-refractivity contribution in [2.24, 2.45) is 0 Å². The average Bonchev–Trinajstić information content (AvgIpc) is 2.80. The number of anilines is 1. The summed E-state index contributed by atoms with van der Waals surface area (Å²) >= 11 is 0. The van der Waals surface area contributed by atoms with Crippen LogP contribution in [-0.4, -0.2) is 44.2 Å². The lowest BCUT2D eigenvalue weighted by Crippen LogP contribution is -2.47. The average molecular weight is 411 g/mol. The maximum atomic E-state index is 12.8. The zero-order valence-electron chi connectivity index (χ0n) is 18.7. The third-order valence-corrected chi connectivity index (χ3v) is 6.00. The highest BCUT2D eigenvalue weighted by Crippen LogP contribution is 2.29. The van der Waals surface area contributed by atoms with E-state index in [2.05, 4.69) is 42.2 Å². The molecule has 0 atom stereocenters. The summed E-state index contributed by atoms with van der Waals surface area (Å²) in [6.45, 7) is 6.85. The standard InChI is InChI=1S/C25H34N2O3/c1-5-19-7-10-21(11-8-19)27(25(28)6-2)22-13-15-26(16-14-22)18-20-9-12-23(29-3)17-24(20)30-4/h7-12,17,22H,5-6,13-16,18H2,1-4H3. The molecule has 0 spiro atoms. The summed E-state index contributed by atoms with van der Waals surface area (Å²) < 4.78 is 10.9. The Morgan fingerprint density at radius 1 is 1.03 bits per heavy atom. The van der Waals surface area contributed by atoms with Crippen molar-refractivity contribution in [3.8, 4) is 11.5 Å². The van der Waals surface area contributed by atoms with Crippen LogP contribution in [0.5, 0.6) is 11.5 Å². The van der Waals surface area contributed by atoms with Crippen LogP contribution in [0.2, 0.25) is 0 Å². The van der Waals surface area contributed by atoms with E-state index in [1.807, 2.05) is 24.0 Å². The number of rotatable bonds is 8. The van der Waals surface area contributed by atoms with E-state index >= 15 is 0 Å². The van der Waals surface area contributed by atoms with Crippen LogP contribution in [-0.2, 0) is 17.8 Å². The van der Waals surface area contributed by atoms with Crippen molar-refractivity contribution in [2.75, 3.05) is 32.2 Å². The molecule has 1 aliphatic heterocycles. The van der Waals surface area contributed by atoms with E-state index in [-0.39, 0.29) is 11.9 Å². The van der Waals surface area contributed by atoms with E-state index in [1.165, 1.54) is 5.56 Å². The Bertz CT molecular complexity index is 827. The lowest BCUT2D eigenvalue weighted by molar-refractivity contribution is -0.119. The minimum Gasteiger partial charge on any atom is -0.497 e. The Labute approximate surface area is 180 Å². The van der Waals surface area contributed by atoms with E-state index < -0.39 is 0 Å². The highest BCUT2D eigenvalue weighted by atomic mass is 16.5. The quantitative estimate of drug-likeness (QED) is 0.634. The van der Waals surface area contributed by atoms with Crippen molar-refractivity contribution in [3.05, 3.63) is 53.6 Å². The number of carbonyl (C=O) groups excluding carboxylic acids is 1. The molecule has 0 N–H and O–H groups in total. The number of likely N-dealkylation sites (tertiary alicyclic amines) is 1. The SMILES string of the molecule is CCC(=O)N(c1ccc(CC)cc1)C1CCN(Cc2ccc(OC)cc2OC)CC1. The van der Waals surface area contributed by atoms with Crippen molar-refractivity contribution < 1.29 is 14.3 Å². The van der Waals surface area contributed by atoms with Gasteiger partial charge in [0.2, 0.25) is 5.91 Å². The number of hydrogen-bond donors (Lipinski definition) is 0. The van der Waals surface area contributed by atoms with Crippen molar-refractivity contribution in [3.63, 3.8) is 0 Å². The van der Waals surface area contributed by atoms with Gasteiger partial charge >= 0.3 is 0 Å². The van der Waals surface area contributed by atoms with E-state index in [0.717, 1.165) is 61.6 Å². The van der Waals surface area contributed by atoms with Crippen LogP contribution >= 0.6 is 0 Å². The lowest BCUT2D eigenvalue weighted by Gasteiger charge is -2.38. The third kappa shape index (κ3) is 5.14. The van der Waals surface area contributed by atoms with E-state index in [4.69, 9.17) is 9.47 Å². The zero-order valence-corrected chi connectivity index (χ0v) is 18.7. The molecule has 0 saturated carbocycles. The monoisotopic (exact) mass is 410 g/mol. The molecule has 1 amide bonds. The molecule has 0 unspecified atom stereocenters. The first-order chi connectivity index (χ1) is 14.6. The molecule has 2 aromatic carbocycles. The van der Waals surface area contributed by atoms with Gasteiger partial charge in [-0.15, -0.1) is 0 Å². The Morgan fingerprint density at radius 2 is 1.73 bits per heavy atom. The smallest absolute Gasteiger partial charge is 0.226 e. The fourth-order valence-corrected chi connectivity index (χ4v) is 4.18. The van der Waals surface area contributed by atoms with E-state index in [9.17, 15) is 4.79 Å². The number of carbonyl (C=O) groups is 1. The fourth-order valence-electron chi connectivity index (χ4n) is 4.18. The summed E-state index contributed by atoms with van der Waals surface area (Å²) in [6.07, 6.45) is 3.48. The summed E-state index contributed by atoms with van der Waals surface area (Å²) in [5.74, 6) is 1.86. The topological polar surface area (TPSA) is 42.0 Å². The summed E-state index contributed by atoms with van der Waals surface area (Å²) in [4.78, 5) is 17.2. The molecule has 2 aromatic rings. The fraction of sp³-hybridized carbons (Fsp3) is 0.480. The van der Waals surface area contributed by atoms with Crippen LogP contribution in [0.3, 0.4) is 0 Å². The van der Waals surface area contributed by atoms with Gasteiger partial charge in [-0.3, -0.25) is 9.69 Å². The van der Waals surface area contributed by atoms with E-state index in [0.29, 0.717) is 6.42 Å². The van der Waals surface area contributed by atoms with Gasteiger partial charge in [-0.1, -0.05) is 32.0 Å². The van der Waals surface area contributed by atoms with Gasteiger partial charge in [0.15, 0.2) is 0 Å². The highest BCUT2D eigenvalue weighted by Gasteiger charge is 2.28. The molecule has 30 heavy (non-hydrogen) atoms. The van der Waals surface area contributed by atoms with Gasteiger partial charge in [-0.05, 0) is 43.0 Å². The summed E-state index contributed by atoms with van der Waals surface area (Å²) in [5.41, 5.74) is 3.48. The molecule has 0 aromatic heterocycles. The third-order valence-electron chi connectivity index (χ3n) is 6.00. The van der Waals surface area contributed by atoms with Crippen LogP contribution in [0.4, 0.5) is 5.69 Å². The Hall–Kier alpha value is -2.53. The zero-order chi connectivity index (χ0) is 21.5. The minimum absolute atomic E-state index is 0.203.